The number of allylic oxidation sites excluding steroid dienone is 1. The van der Waals surface area contributed by atoms with Crippen LogP contribution in [-0.2, 0) is 6.42 Å². The number of ether oxygens (including phenoxy) is 4. The minimum Gasteiger partial charge on any atom is -0.493 e. The van der Waals surface area contributed by atoms with E-state index < -0.39 is 0 Å². The maximum atomic E-state index is 10.9. The zero-order valence-corrected chi connectivity index (χ0v) is 16.9. The quantitative estimate of drug-likeness (QED) is 0.225. The molecule has 0 amide bonds. The van der Waals surface area contributed by atoms with Crippen LogP contribution < -0.4 is 18.9 Å². The van der Waals surface area contributed by atoms with E-state index in [2.05, 4.69) is 29.2 Å². The Balaban J connectivity index is 1.99. The molecule has 2 aromatic rings. The zero-order valence-electron chi connectivity index (χ0n) is 14.8. The van der Waals surface area contributed by atoms with Crippen molar-refractivity contribution in [2.75, 3.05) is 27.4 Å². The fourth-order valence-electron chi connectivity index (χ4n) is 2.37. The Morgan fingerprint density at radius 2 is 1.73 bits per heavy atom. The predicted molar refractivity (Wildman–Crippen MR) is 109 cm³/mol. The molecule has 0 aliphatic rings. The molecule has 0 fully saturated rings. The lowest BCUT2D eigenvalue weighted by Crippen LogP contribution is -2.11. The second-order valence-electron chi connectivity index (χ2n) is 5.33. The predicted octanol–water partition coefficient (Wildman–Crippen LogP) is 4.31. The average molecular weight is 468 g/mol. The maximum Gasteiger partial charge on any atom is 0.174 e. The molecule has 2 aromatic carbocycles. The molecule has 0 saturated carbocycles. The fourth-order valence-corrected chi connectivity index (χ4v) is 3.15. The average Bonchev–Trinajstić information content (AvgIpc) is 2.66. The van der Waals surface area contributed by atoms with Crippen LogP contribution in [-0.4, -0.2) is 33.7 Å². The first-order valence-corrected chi connectivity index (χ1v) is 9.07. The Kier molecular flexibility index (Phi) is 7.77. The SMILES string of the molecule is C=CCc1ccc(OCCOc2c(I)cc(C=O)cc2OC)c(OC)c1. The molecule has 26 heavy (non-hydrogen) atoms. The fraction of sp³-hybridized carbons (Fsp3) is 0.250. The topological polar surface area (TPSA) is 54.0 Å². The van der Waals surface area contributed by atoms with Crippen molar-refractivity contribution < 1.29 is 23.7 Å². The van der Waals surface area contributed by atoms with Gasteiger partial charge in [-0.15, -0.1) is 6.58 Å². The number of hydrogen-bond acceptors (Lipinski definition) is 5. The lowest BCUT2D eigenvalue weighted by molar-refractivity contribution is 0.112. The van der Waals surface area contributed by atoms with Crippen LogP contribution in [0, 0.1) is 3.57 Å². The second kappa shape index (κ2) is 10.1. The van der Waals surface area contributed by atoms with Gasteiger partial charge >= 0.3 is 0 Å². The molecule has 0 aliphatic carbocycles. The molecule has 5 nitrogen and oxygen atoms in total. The van der Waals surface area contributed by atoms with Gasteiger partial charge in [0, 0.05) is 5.56 Å². The van der Waals surface area contributed by atoms with E-state index in [1.807, 2.05) is 24.3 Å². The van der Waals surface area contributed by atoms with Gasteiger partial charge in [-0.1, -0.05) is 12.1 Å². The van der Waals surface area contributed by atoms with Crippen LogP contribution in [0.5, 0.6) is 23.0 Å². The summed E-state index contributed by atoms with van der Waals surface area (Å²) in [6, 6.07) is 9.17. The van der Waals surface area contributed by atoms with Gasteiger partial charge in [0.25, 0.3) is 0 Å². The molecule has 0 atom stereocenters. The van der Waals surface area contributed by atoms with Crippen molar-refractivity contribution >= 4 is 28.9 Å². The van der Waals surface area contributed by atoms with E-state index in [0.29, 0.717) is 41.8 Å². The largest absolute Gasteiger partial charge is 0.493 e. The lowest BCUT2D eigenvalue weighted by atomic mass is 10.1. The van der Waals surface area contributed by atoms with Crippen LogP contribution in [0.4, 0.5) is 0 Å². The Morgan fingerprint density at radius 1 is 1.00 bits per heavy atom. The maximum absolute atomic E-state index is 10.9. The highest BCUT2D eigenvalue weighted by atomic mass is 127. The van der Waals surface area contributed by atoms with Gasteiger partial charge in [-0.25, -0.2) is 0 Å². The number of hydrogen-bond donors (Lipinski definition) is 0. The van der Waals surface area contributed by atoms with Crippen molar-refractivity contribution in [1.82, 2.24) is 0 Å². The molecule has 0 heterocycles. The normalized spacial score (nSPS) is 10.1. The molecule has 0 aliphatic heterocycles. The molecule has 0 radical (unpaired) electrons. The molecule has 0 spiro atoms. The van der Waals surface area contributed by atoms with E-state index in [9.17, 15) is 4.79 Å². The molecule has 0 unspecified atom stereocenters. The summed E-state index contributed by atoms with van der Waals surface area (Å²) in [6.45, 7) is 4.40. The number of benzene rings is 2. The van der Waals surface area contributed by atoms with Crippen LogP contribution >= 0.6 is 22.6 Å². The Morgan fingerprint density at radius 3 is 2.38 bits per heavy atom. The van der Waals surface area contributed by atoms with E-state index in [-0.39, 0.29) is 0 Å². The van der Waals surface area contributed by atoms with E-state index in [4.69, 9.17) is 18.9 Å². The number of rotatable bonds is 10. The summed E-state index contributed by atoms with van der Waals surface area (Å²) in [5.74, 6) is 2.44. The monoisotopic (exact) mass is 468 g/mol. The van der Waals surface area contributed by atoms with Crippen LogP contribution in [0.15, 0.2) is 43.0 Å². The van der Waals surface area contributed by atoms with Gasteiger partial charge in [-0.3, -0.25) is 4.79 Å². The number of aldehydes is 1. The lowest BCUT2D eigenvalue weighted by Gasteiger charge is -2.15. The van der Waals surface area contributed by atoms with Gasteiger partial charge in [0.1, 0.15) is 19.5 Å². The summed E-state index contributed by atoms with van der Waals surface area (Å²) in [6.07, 6.45) is 3.39. The summed E-state index contributed by atoms with van der Waals surface area (Å²) >= 11 is 2.11. The van der Waals surface area contributed by atoms with Crippen molar-refractivity contribution in [2.24, 2.45) is 0 Å². The van der Waals surface area contributed by atoms with Crippen molar-refractivity contribution in [3.63, 3.8) is 0 Å². The van der Waals surface area contributed by atoms with Crippen molar-refractivity contribution in [2.45, 2.75) is 6.42 Å². The van der Waals surface area contributed by atoms with E-state index in [1.54, 1.807) is 26.4 Å². The Hall–Kier alpha value is -2.22. The smallest absolute Gasteiger partial charge is 0.174 e. The summed E-state index contributed by atoms with van der Waals surface area (Å²) in [5, 5.41) is 0. The third-order valence-electron chi connectivity index (χ3n) is 3.58. The molecule has 0 bridgehead atoms. The summed E-state index contributed by atoms with van der Waals surface area (Å²) in [4.78, 5) is 10.9. The third-order valence-corrected chi connectivity index (χ3v) is 4.38. The highest BCUT2D eigenvalue weighted by molar-refractivity contribution is 14.1. The molecule has 2 rings (SSSR count). The van der Waals surface area contributed by atoms with E-state index >= 15 is 0 Å². The first-order chi connectivity index (χ1) is 12.6. The Bertz CT molecular complexity index is 773. The number of carbonyl (C=O) groups excluding carboxylic acids is 1. The first kappa shape index (κ1) is 20.1. The van der Waals surface area contributed by atoms with E-state index in [1.165, 1.54) is 0 Å². The van der Waals surface area contributed by atoms with Crippen LogP contribution in [0.1, 0.15) is 15.9 Å². The highest BCUT2D eigenvalue weighted by Gasteiger charge is 2.12. The van der Waals surface area contributed by atoms with Crippen LogP contribution in [0.25, 0.3) is 0 Å². The Labute approximate surface area is 167 Å². The molecular weight excluding hydrogens is 447 g/mol. The van der Waals surface area contributed by atoms with Crippen LogP contribution in [0.3, 0.4) is 0 Å². The number of carbonyl (C=O) groups is 1. The van der Waals surface area contributed by atoms with Gasteiger partial charge < -0.3 is 18.9 Å². The third kappa shape index (κ3) is 5.14. The van der Waals surface area contributed by atoms with Gasteiger partial charge in [-0.2, -0.15) is 0 Å². The molecule has 0 saturated heterocycles. The van der Waals surface area contributed by atoms with Gasteiger partial charge in [0.05, 0.1) is 17.8 Å². The minimum atomic E-state index is 0.324. The summed E-state index contributed by atoms with van der Waals surface area (Å²) < 4.78 is 23.0. The minimum absolute atomic E-state index is 0.324. The standard InChI is InChI=1S/C20H21IO5/c1-4-5-14-6-7-17(18(11-14)23-2)25-8-9-26-20-16(21)10-15(13-22)12-19(20)24-3/h4,6-7,10-13H,1,5,8-9H2,2-3H3. The summed E-state index contributed by atoms with van der Waals surface area (Å²) in [7, 11) is 3.15. The summed E-state index contributed by atoms with van der Waals surface area (Å²) in [5.41, 5.74) is 1.65. The highest BCUT2D eigenvalue weighted by Crippen LogP contribution is 2.33. The zero-order chi connectivity index (χ0) is 18.9. The molecule has 0 aromatic heterocycles. The van der Waals surface area contributed by atoms with Crippen LogP contribution in [0.2, 0.25) is 0 Å². The second-order valence-corrected chi connectivity index (χ2v) is 6.49. The van der Waals surface area contributed by atoms with Gasteiger partial charge in [0.2, 0.25) is 0 Å². The van der Waals surface area contributed by atoms with Crippen molar-refractivity contribution in [1.29, 1.82) is 0 Å². The van der Waals surface area contributed by atoms with Crippen molar-refractivity contribution in [3.05, 3.63) is 57.7 Å². The number of methoxy groups -OCH3 is 2. The van der Waals surface area contributed by atoms with Gasteiger partial charge in [-0.05, 0) is 58.8 Å². The first-order valence-electron chi connectivity index (χ1n) is 7.99. The molecular formula is C20H21IO5. The molecule has 0 N–H and O–H groups in total. The molecule has 6 heteroatoms. The van der Waals surface area contributed by atoms with E-state index in [0.717, 1.165) is 21.8 Å². The number of halogens is 1. The molecule has 138 valence electrons. The van der Waals surface area contributed by atoms with Gasteiger partial charge in [0.15, 0.2) is 23.0 Å². The van der Waals surface area contributed by atoms with Crippen molar-refractivity contribution in [3.8, 4) is 23.0 Å².